The molecule has 6 nitrogen and oxygen atoms in total. The lowest BCUT2D eigenvalue weighted by Gasteiger charge is -2.31. The molecular weight excluding hydrogens is 346 g/mol. The Balaban J connectivity index is 1.46. The van der Waals surface area contributed by atoms with Crippen LogP contribution in [0.15, 0.2) is 40.3 Å². The number of amides is 1. The molecule has 1 N–H and O–H groups in total. The number of ether oxygens (including phenoxy) is 2. The normalized spacial score (nSPS) is 20.7. The minimum absolute atomic E-state index is 0.0141. The Labute approximate surface area is 149 Å². The van der Waals surface area contributed by atoms with E-state index in [0.717, 1.165) is 17.1 Å². The fourth-order valence-corrected chi connectivity index (χ4v) is 3.58. The van der Waals surface area contributed by atoms with Gasteiger partial charge in [0.1, 0.15) is 6.10 Å². The van der Waals surface area contributed by atoms with Crippen LogP contribution in [0.5, 0.6) is 0 Å². The van der Waals surface area contributed by atoms with Gasteiger partial charge >= 0.3 is 0 Å². The van der Waals surface area contributed by atoms with Gasteiger partial charge < -0.3 is 14.8 Å². The van der Waals surface area contributed by atoms with Gasteiger partial charge in [0.15, 0.2) is 0 Å². The molecule has 3 heterocycles. The number of carbonyl (C=O) groups is 1. The number of rotatable bonds is 7. The number of carbonyl (C=O) groups excluding carboxylic acids is 1. The molecule has 8 heteroatoms. The van der Waals surface area contributed by atoms with Crippen molar-refractivity contribution in [3.63, 3.8) is 0 Å². The number of hydrogen-bond acceptors (Lipinski definition) is 7. The van der Waals surface area contributed by atoms with Crippen LogP contribution >= 0.6 is 23.1 Å². The minimum atomic E-state index is -0.149. The van der Waals surface area contributed by atoms with Gasteiger partial charge in [-0.3, -0.25) is 4.79 Å². The molecule has 1 aliphatic heterocycles. The molecule has 2 unspecified atom stereocenters. The summed E-state index contributed by atoms with van der Waals surface area (Å²) >= 11 is 2.97. The zero-order valence-electron chi connectivity index (χ0n) is 13.1. The molecule has 2 aromatic heterocycles. The number of nitrogens with one attached hydrogen (secondary N) is 1. The van der Waals surface area contributed by atoms with Crippen LogP contribution in [-0.4, -0.2) is 47.0 Å². The van der Waals surface area contributed by atoms with E-state index in [1.165, 1.54) is 11.8 Å². The van der Waals surface area contributed by atoms with Crippen molar-refractivity contribution < 1.29 is 14.3 Å². The number of thioether (sulfide) groups is 1. The molecule has 2 aromatic rings. The smallest absolute Gasteiger partial charge is 0.230 e. The molecule has 2 atom stereocenters. The molecule has 1 saturated heterocycles. The van der Waals surface area contributed by atoms with Crippen molar-refractivity contribution in [1.29, 1.82) is 0 Å². The quantitative estimate of drug-likeness (QED) is 0.758. The predicted octanol–water partition coefficient (Wildman–Crippen LogP) is 2.12. The van der Waals surface area contributed by atoms with E-state index < -0.39 is 0 Å². The maximum atomic E-state index is 12.2. The maximum Gasteiger partial charge on any atom is 0.230 e. The molecule has 0 bridgehead atoms. The van der Waals surface area contributed by atoms with E-state index in [9.17, 15) is 4.79 Å². The molecule has 0 radical (unpaired) electrons. The Morgan fingerprint density at radius 1 is 1.46 bits per heavy atom. The third-order valence-electron chi connectivity index (χ3n) is 3.57. The van der Waals surface area contributed by atoms with Crippen LogP contribution in [0.1, 0.15) is 12.1 Å². The molecule has 0 spiro atoms. The van der Waals surface area contributed by atoms with Gasteiger partial charge in [0.05, 0.1) is 41.2 Å². The van der Waals surface area contributed by atoms with Crippen molar-refractivity contribution in [2.24, 2.45) is 0 Å². The van der Waals surface area contributed by atoms with E-state index >= 15 is 0 Å². The average Bonchev–Trinajstić information content (AvgIpc) is 3.14. The maximum absolute atomic E-state index is 12.2. The molecule has 3 rings (SSSR count). The van der Waals surface area contributed by atoms with Crippen molar-refractivity contribution in [3.8, 4) is 0 Å². The molecule has 1 fully saturated rings. The summed E-state index contributed by atoms with van der Waals surface area (Å²) in [5.41, 5.74) is 2.69. The fraction of sp³-hybridized carbons (Fsp3) is 0.438. The molecule has 0 aliphatic carbocycles. The van der Waals surface area contributed by atoms with E-state index in [4.69, 9.17) is 9.47 Å². The number of thiazole rings is 1. The lowest BCUT2D eigenvalue weighted by Crippen LogP contribution is -2.50. The standard InChI is InChI=1S/C16H19N3O3S2/c20-15(10-24-16-3-1-2-5-17-16)19-13-4-6-21-8-14(13)22-7-12-9-23-11-18-12/h1-3,5,9,11,13-14H,4,6-8,10H2,(H,19,20). The van der Waals surface area contributed by atoms with Crippen LogP contribution in [0.3, 0.4) is 0 Å². The third-order valence-corrected chi connectivity index (χ3v) is 5.15. The van der Waals surface area contributed by atoms with Crippen LogP contribution in [0.4, 0.5) is 0 Å². The average molecular weight is 365 g/mol. The summed E-state index contributed by atoms with van der Waals surface area (Å²) in [4.78, 5) is 20.6. The Bertz CT molecular complexity index is 625. The van der Waals surface area contributed by atoms with Crippen LogP contribution in [0.2, 0.25) is 0 Å². The number of nitrogens with zero attached hydrogens (tertiary/aromatic N) is 2. The van der Waals surface area contributed by atoms with Crippen LogP contribution in [0.25, 0.3) is 0 Å². The first-order chi connectivity index (χ1) is 11.8. The first-order valence-electron chi connectivity index (χ1n) is 7.71. The molecule has 1 aliphatic rings. The van der Waals surface area contributed by atoms with Gasteiger partial charge in [-0.15, -0.1) is 11.3 Å². The first-order valence-corrected chi connectivity index (χ1v) is 9.64. The predicted molar refractivity (Wildman–Crippen MR) is 93.0 cm³/mol. The van der Waals surface area contributed by atoms with Gasteiger partial charge in [0.2, 0.25) is 5.91 Å². The molecule has 0 aromatic carbocycles. The second-order valence-corrected chi connectivity index (χ2v) is 7.04. The van der Waals surface area contributed by atoms with E-state index in [2.05, 4.69) is 15.3 Å². The lowest BCUT2D eigenvalue weighted by molar-refractivity contribution is -0.124. The summed E-state index contributed by atoms with van der Waals surface area (Å²) in [5.74, 6) is 0.326. The number of hydrogen-bond donors (Lipinski definition) is 1. The highest BCUT2D eigenvalue weighted by Crippen LogP contribution is 2.16. The zero-order valence-corrected chi connectivity index (χ0v) is 14.7. The Kier molecular flexibility index (Phi) is 6.59. The molecule has 1 amide bonds. The minimum Gasteiger partial charge on any atom is -0.379 e. The van der Waals surface area contributed by atoms with Gasteiger partial charge in [-0.25, -0.2) is 9.97 Å². The van der Waals surface area contributed by atoms with Crippen molar-refractivity contribution >= 4 is 29.0 Å². The fourth-order valence-electron chi connectivity index (χ4n) is 2.36. The molecule has 24 heavy (non-hydrogen) atoms. The number of pyridine rings is 1. The molecule has 0 saturated carbocycles. The van der Waals surface area contributed by atoms with Gasteiger partial charge in [0.25, 0.3) is 0 Å². The monoisotopic (exact) mass is 365 g/mol. The van der Waals surface area contributed by atoms with Crippen LogP contribution in [0, 0.1) is 0 Å². The van der Waals surface area contributed by atoms with Crippen molar-refractivity contribution in [1.82, 2.24) is 15.3 Å². The summed E-state index contributed by atoms with van der Waals surface area (Å²) < 4.78 is 11.4. The molecule has 128 valence electrons. The second kappa shape index (κ2) is 9.12. The van der Waals surface area contributed by atoms with Gasteiger partial charge in [-0.2, -0.15) is 0 Å². The molecular formula is C16H19N3O3S2. The highest BCUT2D eigenvalue weighted by molar-refractivity contribution is 7.99. The van der Waals surface area contributed by atoms with Crippen molar-refractivity contribution in [2.45, 2.75) is 30.2 Å². The van der Waals surface area contributed by atoms with E-state index in [-0.39, 0.29) is 18.1 Å². The second-order valence-electron chi connectivity index (χ2n) is 5.32. The zero-order chi connectivity index (χ0) is 16.6. The summed E-state index contributed by atoms with van der Waals surface area (Å²) in [6, 6.07) is 5.63. The van der Waals surface area contributed by atoms with Gasteiger partial charge in [-0.1, -0.05) is 17.8 Å². The van der Waals surface area contributed by atoms with Gasteiger partial charge in [0, 0.05) is 18.2 Å². The summed E-state index contributed by atoms with van der Waals surface area (Å²) in [6.07, 6.45) is 2.33. The number of aromatic nitrogens is 2. The first kappa shape index (κ1) is 17.3. The van der Waals surface area contributed by atoms with Crippen LogP contribution < -0.4 is 5.32 Å². The lowest BCUT2D eigenvalue weighted by atomic mass is 10.1. The highest BCUT2D eigenvalue weighted by atomic mass is 32.2. The van der Waals surface area contributed by atoms with Gasteiger partial charge in [-0.05, 0) is 18.6 Å². The van der Waals surface area contributed by atoms with E-state index in [0.29, 0.717) is 25.6 Å². The van der Waals surface area contributed by atoms with E-state index in [1.807, 2.05) is 23.6 Å². The van der Waals surface area contributed by atoms with E-state index in [1.54, 1.807) is 23.0 Å². The Hall–Kier alpha value is -1.48. The summed E-state index contributed by atoms with van der Waals surface area (Å²) in [7, 11) is 0. The topological polar surface area (TPSA) is 73.3 Å². The largest absolute Gasteiger partial charge is 0.379 e. The Morgan fingerprint density at radius 3 is 3.21 bits per heavy atom. The van der Waals surface area contributed by atoms with Crippen molar-refractivity contribution in [3.05, 3.63) is 41.0 Å². The van der Waals surface area contributed by atoms with Crippen molar-refractivity contribution in [2.75, 3.05) is 19.0 Å². The van der Waals surface area contributed by atoms with Crippen LogP contribution in [-0.2, 0) is 20.9 Å². The SMILES string of the molecule is O=C(CSc1ccccn1)NC1CCOCC1OCc1cscn1. The highest BCUT2D eigenvalue weighted by Gasteiger charge is 2.28. The summed E-state index contributed by atoms with van der Waals surface area (Å²) in [6.45, 7) is 1.56. The Morgan fingerprint density at radius 2 is 2.42 bits per heavy atom. The third kappa shape index (κ3) is 5.27. The summed E-state index contributed by atoms with van der Waals surface area (Å²) in [5, 5.41) is 5.86.